The number of H-pyrrole nitrogens is 2. The summed E-state index contributed by atoms with van der Waals surface area (Å²) in [5.74, 6) is 0. The van der Waals surface area contributed by atoms with E-state index in [-0.39, 0.29) is 5.56 Å². The van der Waals surface area contributed by atoms with Crippen LogP contribution in [0, 0.1) is 0 Å². The van der Waals surface area contributed by atoms with Crippen LogP contribution in [0.1, 0.15) is 0 Å². The average molecular weight is 162 g/mol. The molecule has 0 bridgehead atoms. The first kappa shape index (κ1) is 6.78. The zero-order valence-electron chi connectivity index (χ0n) is 6.11. The van der Waals surface area contributed by atoms with Crippen molar-refractivity contribution in [2.24, 2.45) is 0 Å². The van der Waals surface area contributed by atoms with Crippen molar-refractivity contribution >= 4 is 0 Å². The van der Waals surface area contributed by atoms with Crippen LogP contribution in [0.4, 0.5) is 0 Å². The van der Waals surface area contributed by atoms with Crippen molar-refractivity contribution in [3.63, 3.8) is 0 Å². The van der Waals surface area contributed by atoms with Crippen molar-refractivity contribution in [2.45, 2.75) is 0 Å². The van der Waals surface area contributed by atoms with Gasteiger partial charge in [0.1, 0.15) is 0 Å². The first-order valence-electron chi connectivity index (χ1n) is 3.41. The lowest BCUT2D eigenvalue weighted by Gasteiger charge is -1.92. The van der Waals surface area contributed by atoms with Crippen LogP contribution < -0.4 is 5.56 Å². The summed E-state index contributed by atoms with van der Waals surface area (Å²) in [7, 11) is 0. The molecule has 2 aromatic heterocycles. The molecule has 0 aromatic carbocycles. The van der Waals surface area contributed by atoms with Crippen LogP contribution in [0.5, 0.6) is 0 Å². The molecule has 0 amide bonds. The van der Waals surface area contributed by atoms with Crippen LogP contribution in [0.2, 0.25) is 0 Å². The number of hydrogen-bond acceptors (Lipinski definition) is 3. The van der Waals surface area contributed by atoms with E-state index in [4.69, 9.17) is 0 Å². The highest BCUT2D eigenvalue weighted by molar-refractivity contribution is 5.51. The minimum Gasteiger partial charge on any atom is -0.313 e. The Balaban J connectivity index is 2.55. The summed E-state index contributed by atoms with van der Waals surface area (Å²) in [5.41, 5.74) is 1.16. The Hall–Kier alpha value is -1.91. The third-order valence-corrected chi connectivity index (χ3v) is 1.45. The van der Waals surface area contributed by atoms with Crippen molar-refractivity contribution < 1.29 is 0 Å². The highest BCUT2D eigenvalue weighted by Crippen LogP contribution is 2.08. The fourth-order valence-electron chi connectivity index (χ4n) is 0.914. The molecule has 2 heterocycles. The zero-order valence-corrected chi connectivity index (χ0v) is 6.11. The maximum atomic E-state index is 10.9. The molecule has 2 aromatic rings. The summed E-state index contributed by atoms with van der Waals surface area (Å²) >= 11 is 0. The second-order valence-electron chi connectivity index (χ2n) is 2.27. The highest BCUT2D eigenvalue weighted by atomic mass is 16.1. The SMILES string of the molecule is O=c1cc(-c2ccn[nH]2)nc[nH]1. The predicted octanol–water partition coefficient (Wildman–Crippen LogP) is 0.160. The Kier molecular flexibility index (Phi) is 1.48. The van der Waals surface area contributed by atoms with E-state index >= 15 is 0 Å². The highest BCUT2D eigenvalue weighted by Gasteiger charge is 1.98. The Morgan fingerprint density at radius 3 is 3.00 bits per heavy atom. The molecule has 2 rings (SSSR count). The van der Waals surface area contributed by atoms with Gasteiger partial charge in [-0.05, 0) is 6.07 Å². The van der Waals surface area contributed by atoms with Crippen molar-refractivity contribution in [1.82, 2.24) is 20.2 Å². The topological polar surface area (TPSA) is 74.4 Å². The second kappa shape index (κ2) is 2.61. The molecule has 2 N–H and O–H groups in total. The van der Waals surface area contributed by atoms with Gasteiger partial charge in [-0.3, -0.25) is 9.89 Å². The van der Waals surface area contributed by atoms with Crippen LogP contribution in [0.15, 0.2) is 29.5 Å². The normalized spacial score (nSPS) is 10.0. The molecule has 5 heteroatoms. The molecular formula is C7H6N4O. The lowest BCUT2D eigenvalue weighted by Crippen LogP contribution is -2.04. The van der Waals surface area contributed by atoms with Crippen molar-refractivity contribution in [3.05, 3.63) is 35.0 Å². The molecule has 5 nitrogen and oxygen atoms in total. The molecular weight excluding hydrogens is 156 g/mol. The maximum Gasteiger partial charge on any atom is 0.251 e. The minimum absolute atomic E-state index is 0.172. The Morgan fingerprint density at radius 2 is 2.33 bits per heavy atom. The van der Waals surface area contributed by atoms with E-state index in [0.717, 1.165) is 5.69 Å². The van der Waals surface area contributed by atoms with Gasteiger partial charge in [0.2, 0.25) is 0 Å². The number of aromatic nitrogens is 4. The van der Waals surface area contributed by atoms with Gasteiger partial charge in [0.15, 0.2) is 0 Å². The van der Waals surface area contributed by atoms with Crippen LogP contribution >= 0.6 is 0 Å². The van der Waals surface area contributed by atoms with Gasteiger partial charge in [-0.25, -0.2) is 4.98 Å². The molecule has 0 fully saturated rings. The Labute approximate surface area is 67.5 Å². The summed E-state index contributed by atoms with van der Waals surface area (Å²) in [6.45, 7) is 0. The molecule has 0 aliphatic rings. The van der Waals surface area contributed by atoms with Crippen LogP contribution in [0.25, 0.3) is 11.4 Å². The standard InChI is InChI=1S/C7H6N4O/c12-7-3-6(8-4-9-7)5-1-2-10-11-5/h1-4H,(H,10,11)(H,8,9,12). The monoisotopic (exact) mass is 162 g/mol. The molecule has 0 aliphatic carbocycles. The van der Waals surface area contributed by atoms with Gasteiger partial charge in [-0.1, -0.05) is 0 Å². The van der Waals surface area contributed by atoms with Gasteiger partial charge in [0.05, 0.1) is 17.7 Å². The first-order valence-corrected chi connectivity index (χ1v) is 3.41. The molecule has 0 spiro atoms. The van der Waals surface area contributed by atoms with Crippen molar-refractivity contribution in [2.75, 3.05) is 0 Å². The zero-order chi connectivity index (χ0) is 8.39. The van der Waals surface area contributed by atoms with Gasteiger partial charge in [0.25, 0.3) is 5.56 Å². The van der Waals surface area contributed by atoms with Crippen LogP contribution in [-0.2, 0) is 0 Å². The van der Waals surface area contributed by atoms with E-state index in [1.165, 1.54) is 12.4 Å². The summed E-state index contributed by atoms with van der Waals surface area (Å²) < 4.78 is 0. The van der Waals surface area contributed by atoms with Crippen molar-refractivity contribution in [3.8, 4) is 11.4 Å². The van der Waals surface area contributed by atoms with Gasteiger partial charge in [-0.2, -0.15) is 5.10 Å². The summed E-state index contributed by atoms with van der Waals surface area (Å²) in [5, 5.41) is 6.47. The fourth-order valence-corrected chi connectivity index (χ4v) is 0.914. The summed E-state index contributed by atoms with van der Waals surface area (Å²) in [6, 6.07) is 3.16. The number of nitrogens with zero attached hydrogens (tertiary/aromatic N) is 2. The van der Waals surface area contributed by atoms with E-state index in [1.807, 2.05) is 0 Å². The second-order valence-corrected chi connectivity index (χ2v) is 2.27. The number of nitrogens with one attached hydrogen (secondary N) is 2. The molecule has 0 aliphatic heterocycles. The molecule has 60 valence electrons. The van der Waals surface area contributed by atoms with E-state index < -0.39 is 0 Å². The smallest absolute Gasteiger partial charge is 0.251 e. The van der Waals surface area contributed by atoms with E-state index in [2.05, 4.69) is 20.2 Å². The molecule has 0 unspecified atom stereocenters. The van der Waals surface area contributed by atoms with Crippen molar-refractivity contribution in [1.29, 1.82) is 0 Å². The molecule has 0 atom stereocenters. The first-order chi connectivity index (χ1) is 5.86. The van der Waals surface area contributed by atoms with Gasteiger partial charge < -0.3 is 4.98 Å². The largest absolute Gasteiger partial charge is 0.313 e. The van der Waals surface area contributed by atoms with E-state index in [1.54, 1.807) is 12.3 Å². The summed E-state index contributed by atoms with van der Waals surface area (Å²) in [6.07, 6.45) is 2.97. The van der Waals surface area contributed by atoms with E-state index in [0.29, 0.717) is 5.69 Å². The molecule has 12 heavy (non-hydrogen) atoms. The fraction of sp³-hybridized carbons (Fsp3) is 0. The van der Waals surface area contributed by atoms with Gasteiger partial charge in [0, 0.05) is 12.3 Å². The quantitative estimate of drug-likeness (QED) is 0.627. The molecule has 0 saturated heterocycles. The predicted molar refractivity (Wildman–Crippen MR) is 42.4 cm³/mol. The molecule has 0 saturated carbocycles. The third kappa shape index (κ3) is 1.12. The van der Waals surface area contributed by atoms with Gasteiger partial charge >= 0.3 is 0 Å². The third-order valence-electron chi connectivity index (χ3n) is 1.45. The summed E-state index contributed by atoms with van der Waals surface area (Å²) in [4.78, 5) is 17.2. The average Bonchev–Trinajstić information content (AvgIpc) is 2.56. The van der Waals surface area contributed by atoms with Crippen LogP contribution in [0.3, 0.4) is 0 Å². The minimum atomic E-state index is -0.172. The number of aromatic amines is 2. The maximum absolute atomic E-state index is 10.9. The molecule has 0 radical (unpaired) electrons. The lowest BCUT2D eigenvalue weighted by atomic mass is 10.3. The Bertz CT molecular complexity index is 417. The number of hydrogen-bond donors (Lipinski definition) is 2. The van der Waals surface area contributed by atoms with Gasteiger partial charge in [-0.15, -0.1) is 0 Å². The lowest BCUT2D eigenvalue weighted by molar-refractivity contribution is 1.07. The van der Waals surface area contributed by atoms with Crippen LogP contribution in [-0.4, -0.2) is 20.2 Å². The number of rotatable bonds is 1. The Morgan fingerprint density at radius 1 is 1.42 bits per heavy atom. The van der Waals surface area contributed by atoms with E-state index in [9.17, 15) is 4.79 Å².